The molecule has 0 saturated carbocycles. The predicted octanol–water partition coefficient (Wildman–Crippen LogP) is 1.65. The van der Waals surface area contributed by atoms with E-state index in [1.54, 1.807) is 0 Å². The van der Waals surface area contributed by atoms with Gasteiger partial charge in [0.2, 0.25) is 0 Å². The number of nitrogens with zero attached hydrogens (tertiary/aromatic N) is 2. The molecule has 2 saturated heterocycles. The van der Waals surface area contributed by atoms with Crippen molar-refractivity contribution in [2.24, 2.45) is 10.9 Å². The van der Waals surface area contributed by atoms with Crippen molar-refractivity contribution in [3.8, 4) is 0 Å². The van der Waals surface area contributed by atoms with Crippen molar-refractivity contribution in [3.05, 3.63) is 0 Å². The van der Waals surface area contributed by atoms with Crippen LogP contribution in [0.25, 0.3) is 0 Å². The van der Waals surface area contributed by atoms with E-state index in [9.17, 15) is 0 Å². The maximum atomic E-state index is 5.63. The van der Waals surface area contributed by atoms with Crippen LogP contribution in [0.5, 0.6) is 0 Å². The highest BCUT2D eigenvalue weighted by Crippen LogP contribution is 2.22. The lowest BCUT2D eigenvalue weighted by Crippen LogP contribution is -2.54. The summed E-state index contributed by atoms with van der Waals surface area (Å²) < 4.78 is 11.3. The fourth-order valence-corrected chi connectivity index (χ4v) is 3.37. The molecule has 25 heavy (non-hydrogen) atoms. The molecule has 0 radical (unpaired) electrons. The Labute approximate surface area is 174 Å². The summed E-state index contributed by atoms with van der Waals surface area (Å²) >= 11 is 1.86. The first kappa shape index (κ1) is 23.3. The second kappa shape index (κ2) is 11.8. The van der Waals surface area contributed by atoms with Gasteiger partial charge in [0.25, 0.3) is 0 Å². The van der Waals surface area contributed by atoms with Gasteiger partial charge in [0, 0.05) is 56.5 Å². The first-order valence-corrected chi connectivity index (χ1v) is 10.2. The molecule has 2 unspecified atom stereocenters. The van der Waals surface area contributed by atoms with Crippen molar-refractivity contribution in [3.63, 3.8) is 0 Å². The zero-order chi connectivity index (χ0) is 17.4. The van der Waals surface area contributed by atoms with Crippen LogP contribution in [0.1, 0.15) is 20.3 Å². The van der Waals surface area contributed by atoms with E-state index in [4.69, 9.17) is 9.47 Å². The number of nitrogens with one attached hydrogen (secondary N) is 2. The zero-order valence-corrected chi connectivity index (χ0v) is 19.2. The van der Waals surface area contributed by atoms with E-state index in [0.29, 0.717) is 12.0 Å². The number of aliphatic imine (C=N–C) groups is 1. The molecule has 0 aromatic heterocycles. The van der Waals surface area contributed by atoms with E-state index in [1.807, 2.05) is 18.8 Å². The largest absolute Gasteiger partial charge is 0.381 e. The van der Waals surface area contributed by atoms with Crippen molar-refractivity contribution in [1.82, 2.24) is 15.5 Å². The lowest BCUT2D eigenvalue weighted by Gasteiger charge is -2.37. The van der Waals surface area contributed by atoms with Crippen LogP contribution < -0.4 is 10.6 Å². The minimum Gasteiger partial charge on any atom is -0.381 e. The zero-order valence-electron chi connectivity index (χ0n) is 16.0. The van der Waals surface area contributed by atoms with Crippen LogP contribution in [0, 0.1) is 5.92 Å². The summed E-state index contributed by atoms with van der Waals surface area (Å²) in [7, 11) is 1.84. The summed E-state index contributed by atoms with van der Waals surface area (Å²) in [6, 6.07) is 0.475. The van der Waals surface area contributed by atoms with Crippen LogP contribution in [0.4, 0.5) is 0 Å². The molecule has 2 fully saturated rings. The molecule has 2 heterocycles. The summed E-state index contributed by atoms with van der Waals surface area (Å²) in [5, 5.41) is 6.99. The third-order valence-electron chi connectivity index (χ3n) is 4.96. The number of ether oxygens (including phenoxy) is 2. The van der Waals surface area contributed by atoms with Crippen molar-refractivity contribution in [1.29, 1.82) is 0 Å². The second-order valence-corrected chi connectivity index (χ2v) is 8.62. The van der Waals surface area contributed by atoms with Crippen LogP contribution in [0.3, 0.4) is 0 Å². The van der Waals surface area contributed by atoms with Gasteiger partial charge in [0.05, 0.1) is 19.8 Å². The molecule has 0 aromatic rings. The Morgan fingerprint density at radius 3 is 2.52 bits per heavy atom. The molecular weight excluding hydrogens is 451 g/mol. The standard InChI is InChI=1S/C17H34N4O2S.HI/c1-17(2,24-4)13-20-16(18-3)19-11-15(14-5-8-23-12-14)21-6-9-22-10-7-21;/h14-15H,5-13H2,1-4H3,(H2,18,19,20);1H. The van der Waals surface area contributed by atoms with Gasteiger partial charge in [0.1, 0.15) is 0 Å². The van der Waals surface area contributed by atoms with Crippen LogP contribution in [-0.2, 0) is 9.47 Å². The van der Waals surface area contributed by atoms with Crippen molar-refractivity contribution >= 4 is 41.7 Å². The third kappa shape index (κ3) is 7.78. The number of hydrogen-bond donors (Lipinski definition) is 2. The van der Waals surface area contributed by atoms with Gasteiger partial charge in [-0.05, 0) is 26.5 Å². The Morgan fingerprint density at radius 2 is 1.96 bits per heavy atom. The Hall–Kier alpha value is 0.230. The molecule has 2 aliphatic heterocycles. The Balaban J connectivity index is 0.00000312. The predicted molar refractivity (Wildman–Crippen MR) is 117 cm³/mol. The number of hydrogen-bond acceptors (Lipinski definition) is 5. The smallest absolute Gasteiger partial charge is 0.191 e. The average molecular weight is 486 g/mol. The molecule has 0 aliphatic carbocycles. The number of morpholine rings is 1. The maximum absolute atomic E-state index is 5.63. The molecule has 2 atom stereocenters. The monoisotopic (exact) mass is 486 g/mol. The third-order valence-corrected chi connectivity index (χ3v) is 6.21. The SMILES string of the molecule is CN=C(NCC(C1CCOC1)N1CCOCC1)NCC(C)(C)SC.I. The molecule has 8 heteroatoms. The average Bonchev–Trinajstić information content (AvgIpc) is 3.13. The molecule has 0 spiro atoms. The number of rotatable bonds is 7. The Bertz CT molecular complexity index is 400. The van der Waals surface area contributed by atoms with Gasteiger partial charge in [-0.2, -0.15) is 11.8 Å². The van der Waals surface area contributed by atoms with Crippen LogP contribution >= 0.6 is 35.7 Å². The summed E-state index contributed by atoms with van der Waals surface area (Å²) in [6.07, 6.45) is 3.29. The molecule has 148 valence electrons. The minimum absolute atomic E-state index is 0. The fourth-order valence-electron chi connectivity index (χ4n) is 3.15. The van der Waals surface area contributed by atoms with Gasteiger partial charge in [-0.3, -0.25) is 9.89 Å². The molecule has 0 aromatic carbocycles. The summed E-state index contributed by atoms with van der Waals surface area (Å²) in [5.41, 5.74) is 0. The molecule has 2 rings (SSSR count). The molecule has 0 bridgehead atoms. The lowest BCUT2D eigenvalue weighted by molar-refractivity contribution is 0.00246. The van der Waals surface area contributed by atoms with E-state index < -0.39 is 0 Å². The van der Waals surface area contributed by atoms with Crippen molar-refractivity contribution < 1.29 is 9.47 Å². The van der Waals surface area contributed by atoms with Gasteiger partial charge < -0.3 is 20.1 Å². The minimum atomic E-state index is 0. The Morgan fingerprint density at radius 1 is 1.24 bits per heavy atom. The van der Waals surface area contributed by atoms with E-state index in [-0.39, 0.29) is 28.7 Å². The lowest BCUT2D eigenvalue weighted by atomic mass is 9.97. The topological polar surface area (TPSA) is 58.1 Å². The van der Waals surface area contributed by atoms with E-state index in [1.165, 1.54) is 0 Å². The van der Waals surface area contributed by atoms with Gasteiger partial charge in [0.15, 0.2) is 5.96 Å². The quantitative estimate of drug-likeness (QED) is 0.324. The summed E-state index contributed by atoms with van der Waals surface area (Å²) in [5.74, 6) is 1.48. The first-order valence-electron chi connectivity index (χ1n) is 8.95. The molecule has 2 N–H and O–H groups in total. The van der Waals surface area contributed by atoms with Gasteiger partial charge in [-0.25, -0.2) is 0 Å². The molecule has 0 amide bonds. The molecule has 6 nitrogen and oxygen atoms in total. The number of halogens is 1. The van der Waals surface area contributed by atoms with Gasteiger partial charge in [-0.15, -0.1) is 24.0 Å². The fraction of sp³-hybridized carbons (Fsp3) is 0.941. The number of guanidine groups is 1. The van der Waals surface area contributed by atoms with Crippen molar-refractivity contribution in [2.45, 2.75) is 31.1 Å². The maximum Gasteiger partial charge on any atom is 0.191 e. The van der Waals surface area contributed by atoms with E-state index in [2.05, 4.69) is 40.6 Å². The highest BCUT2D eigenvalue weighted by Gasteiger charge is 2.31. The van der Waals surface area contributed by atoms with Gasteiger partial charge in [-0.1, -0.05) is 0 Å². The van der Waals surface area contributed by atoms with Crippen LogP contribution in [0.2, 0.25) is 0 Å². The van der Waals surface area contributed by atoms with Crippen molar-refractivity contribution in [2.75, 3.05) is 65.9 Å². The van der Waals surface area contributed by atoms with E-state index in [0.717, 1.165) is 65.0 Å². The second-order valence-electron chi connectivity index (χ2n) is 7.11. The van der Waals surface area contributed by atoms with Crippen LogP contribution in [0.15, 0.2) is 4.99 Å². The number of thioether (sulfide) groups is 1. The normalized spacial score (nSPS) is 23.8. The first-order chi connectivity index (χ1) is 11.6. The highest BCUT2D eigenvalue weighted by atomic mass is 127. The van der Waals surface area contributed by atoms with Gasteiger partial charge >= 0.3 is 0 Å². The summed E-state index contributed by atoms with van der Waals surface area (Å²) in [6.45, 7) is 11.7. The summed E-state index contributed by atoms with van der Waals surface area (Å²) in [4.78, 5) is 6.93. The Kier molecular flexibility index (Phi) is 11.0. The van der Waals surface area contributed by atoms with E-state index >= 15 is 0 Å². The molecule has 2 aliphatic rings. The highest BCUT2D eigenvalue weighted by molar-refractivity contribution is 14.0. The van der Waals surface area contributed by atoms with Crippen LogP contribution in [-0.4, -0.2) is 87.6 Å². The molecular formula is C17H35IN4O2S.